The first-order valence-electron chi connectivity index (χ1n) is 26.9. The van der Waals surface area contributed by atoms with E-state index in [1.165, 1.54) is 67.3 Å². The average molecular weight is 1240 g/mol. The second-order valence-electron chi connectivity index (χ2n) is 21.4. The summed E-state index contributed by atoms with van der Waals surface area (Å²) < 4.78 is 76.0. The number of rotatable bonds is 20. The number of aryl methyl sites for hydroxylation is 2. The van der Waals surface area contributed by atoms with Gasteiger partial charge in [0.15, 0.2) is 0 Å². The fourth-order valence-electron chi connectivity index (χ4n) is 12.0. The molecule has 5 atom stereocenters. The fourth-order valence-corrected chi connectivity index (χ4v) is 17.1. The van der Waals surface area contributed by atoms with Crippen LogP contribution in [-0.2, 0) is 66.7 Å². The molecule has 11 rings (SSSR count). The molecule has 5 aromatic rings. The predicted molar refractivity (Wildman–Crippen MR) is 307 cm³/mol. The molecule has 1 amide bonds. The number of carbonyl (C=O) groups is 2. The molecule has 1 fully saturated rings. The van der Waals surface area contributed by atoms with Crippen LogP contribution in [0.15, 0.2) is 42.9 Å². The number of carboxylic acids is 1. The van der Waals surface area contributed by atoms with E-state index in [9.17, 15) is 38.2 Å². The zero-order chi connectivity index (χ0) is 58.6. The summed E-state index contributed by atoms with van der Waals surface area (Å²) in [5.41, 5.74) is 21.4. The van der Waals surface area contributed by atoms with Crippen molar-refractivity contribution in [2.24, 2.45) is 5.73 Å². The van der Waals surface area contributed by atoms with Gasteiger partial charge in [0.1, 0.15) is 67.3 Å². The molecular weight excluding hydrogens is 1180 g/mol. The quantitative estimate of drug-likeness (QED) is 0.0125. The molecule has 30 heteroatoms. The van der Waals surface area contributed by atoms with Crippen LogP contribution < -0.4 is 41.6 Å². The first kappa shape index (κ1) is 59.5. The lowest BCUT2D eigenvalue weighted by atomic mass is 9.81. The topological polar surface area (TPSA) is 352 Å². The van der Waals surface area contributed by atoms with Crippen LogP contribution in [0.2, 0.25) is 0 Å². The predicted octanol–water partition coefficient (Wildman–Crippen LogP) is 4.99. The lowest BCUT2D eigenvalue weighted by molar-refractivity contribution is -0.0582. The molecule has 6 aliphatic rings. The van der Waals surface area contributed by atoms with Gasteiger partial charge in [0.05, 0.1) is 41.5 Å². The number of phosphoric acid groups is 3. The van der Waals surface area contributed by atoms with Crippen molar-refractivity contribution >= 4 is 85.0 Å². The van der Waals surface area contributed by atoms with Crippen LogP contribution in [-0.4, -0.2) is 127 Å². The van der Waals surface area contributed by atoms with Gasteiger partial charge in [0.2, 0.25) is 5.36 Å². The molecule has 10 N–H and O–H groups in total. The Hall–Kier alpha value is -5.20. The minimum atomic E-state index is -5.76. The third kappa shape index (κ3) is 12.7. The van der Waals surface area contributed by atoms with Crippen molar-refractivity contribution < 1.29 is 80.1 Å². The first-order valence-corrected chi connectivity index (χ1v) is 33.7. The lowest BCUT2D eigenvalue weighted by Crippen LogP contribution is -2.45. The Kier molecular flexibility index (Phi) is 17.2. The van der Waals surface area contributed by atoms with Crippen LogP contribution in [0.3, 0.4) is 0 Å². The monoisotopic (exact) mass is 1240 g/mol. The Morgan fingerprint density at radius 2 is 1.70 bits per heavy atom. The Labute approximate surface area is 483 Å². The van der Waals surface area contributed by atoms with Gasteiger partial charge in [-0.2, -0.15) is 8.62 Å². The van der Waals surface area contributed by atoms with E-state index in [-0.39, 0.29) is 49.2 Å². The minimum absolute atomic E-state index is 0.00911. The summed E-state index contributed by atoms with van der Waals surface area (Å²) in [4.78, 5) is 75.6. The molecule has 6 aliphatic heterocycles. The van der Waals surface area contributed by atoms with Crippen molar-refractivity contribution in [2.45, 2.75) is 94.8 Å². The summed E-state index contributed by atoms with van der Waals surface area (Å²) in [6.45, 7) is 7.17. The number of nitrogen functional groups attached to an aromatic ring is 1. The number of aromatic nitrogens is 3. The molecule has 8 heterocycles. The maximum absolute atomic E-state index is 13.9. The molecule has 0 saturated carbocycles. The lowest BCUT2D eigenvalue weighted by Gasteiger charge is -2.39. The Morgan fingerprint density at radius 3 is 2.47 bits per heavy atom. The molecule has 442 valence electrons. The van der Waals surface area contributed by atoms with Crippen LogP contribution in [0.5, 0.6) is 11.5 Å². The third-order valence-electron chi connectivity index (χ3n) is 15.2. The van der Waals surface area contributed by atoms with Gasteiger partial charge in [-0.3, -0.25) is 9.32 Å². The van der Waals surface area contributed by atoms with Gasteiger partial charge in [-0.15, -0.1) is 0 Å². The highest BCUT2D eigenvalue weighted by Crippen LogP contribution is 2.66. The van der Waals surface area contributed by atoms with Crippen LogP contribution >= 0.6 is 45.1 Å². The molecule has 2 aromatic heterocycles. The molecule has 0 bridgehead atoms. The summed E-state index contributed by atoms with van der Waals surface area (Å²) in [6, 6.07) is 9.50. The highest BCUT2D eigenvalue weighted by Gasteiger charge is 2.44. The zero-order valence-electron chi connectivity index (χ0n) is 45.2. The number of hydrogen-bond acceptors (Lipinski definition) is 19. The first-order chi connectivity index (χ1) is 39.6. The van der Waals surface area contributed by atoms with E-state index in [0.717, 1.165) is 105 Å². The van der Waals surface area contributed by atoms with Crippen LogP contribution in [0.4, 0.5) is 11.5 Å². The number of nitrogens with one attached hydrogen (secondary N) is 1. The number of benzene rings is 3. The molecule has 0 aliphatic carbocycles. The van der Waals surface area contributed by atoms with Gasteiger partial charge in [-0.25, -0.2) is 33.0 Å². The maximum Gasteiger partial charge on any atom is 0.490 e. The number of fused-ring (bicyclic) bond motifs is 5. The summed E-state index contributed by atoms with van der Waals surface area (Å²) in [5, 5.41) is 16.6. The zero-order valence-corrected chi connectivity index (χ0v) is 49.5. The van der Waals surface area contributed by atoms with Crippen molar-refractivity contribution in [3.8, 4) is 23.3 Å². The molecular formula is C53H62N8O17P3S2+. The molecule has 1 saturated heterocycles. The number of hydrogen-bond donors (Lipinski definition) is 8. The van der Waals surface area contributed by atoms with E-state index in [1.54, 1.807) is 22.9 Å². The number of aromatic carboxylic acids is 1. The van der Waals surface area contributed by atoms with Gasteiger partial charge >= 0.3 is 29.4 Å². The van der Waals surface area contributed by atoms with Crippen LogP contribution in [0.1, 0.15) is 112 Å². The van der Waals surface area contributed by atoms with Gasteiger partial charge in [-0.1, -0.05) is 39.5 Å². The number of nitrogens with two attached hydrogens (primary N) is 2. The normalized spacial score (nSPS) is 20.5. The number of anilines is 2. The Balaban J connectivity index is 0.738. The SMILES string of the molecule is CC(C)(CNC(=O)c1ccc(C2=c3cc4c5c(c3Oc3c2cc2c6c3CCCN6CCC2)CCC[N+]=5CCC4)c(C(=O)O)c1)SSCOCC#Cc1cn([C@H]2CC(OCN)[C@@H](COP(=O)(O)OP(=O)(O)OP(=O)(O)O)O2)c2ncnc(N)c12. The van der Waals surface area contributed by atoms with Crippen molar-refractivity contribution in [3.63, 3.8) is 0 Å². The second kappa shape index (κ2) is 23.9. The molecule has 83 heavy (non-hydrogen) atoms. The summed E-state index contributed by atoms with van der Waals surface area (Å²) in [7, 11) is -13.9. The molecule has 3 aromatic carbocycles. The van der Waals surface area contributed by atoms with Crippen molar-refractivity contribution in [3.05, 3.63) is 104 Å². The smallest absolute Gasteiger partial charge is 0.478 e. The molecule has 0 radical (unpaired) electrons. The number of carbonyl (C=O) groups excluding carboxylic acids is 1. The average Bonchev–Trinajstić information content (AvgIpc) is 4.21. The van der Waals surface area contributed by atoms with Crippen LogP contribution in [0.25, 0.3) is 16.6 Å². The van der Waals surface area contributed by atoms with Gasteiger partial charge < -0.3 is 69.9 Å². The number of phosphoric ester groups is 1. The van der Waals surface area contributed by atoms with Crippen molar-refractivity contribution in [2.75, 3.05) is 69.2 Å². The highest BCUT2D eigenvalue weighted by molar-refractivity contribution is 8.77. The third-order valence-corrected chi connectivity index (χ3v) is 22.0. The Bertz CT molecular complexity index is 3810. The number of amides is 1. The fraction of sp³-hybridized carbons (Fsp3) is 0.453. The summed E-state index contributed by atoms with van der Waals surface area (Å²) >= 11 is 0. The maximum atomic E-state index is 13.9. The van der Waals surface area contributed by atoms with E-state index in [1.807, 2.05) is 13.8 Å². The number of nitrogens with zero attached hydrogens (tertiary/aromatic N) is 5. The number of ether oxygens (including phenoxy) is 4. The van der Waals surface area contributed by atoms with E-state index in [4.69, 9.17) is 44.7 Å². The van der Waals surface area contributed by atoms with Gasteiger partial charge in [-0.05, 0) is 87.8 Å². The largest absolute Gasteiger partial charge is 0.490 e. The second-order valence-corrected chi connectivity index (χ2v) is 28.7. The summed E-state index contributed by atoms with van der Waals surface area (Å²) in [6.07, 6.45) is 7.82. The van der Waals surface area contributed by atoms with Crippen molar-refractivity contribution in [1.82, 2.24) is 24.4 Å². The van der Waals surface area contributed by atoms with E-state index < -0.39 is 65.1 Å². The van der Waals surface area contributed by atoms with Gasteiger partial charge in [0, 0.05) is 88.6 Å². The molecule has 25 nitrogen and oxygen atoms in total. The van der Waals surface area contributed by atoms with Crippen LogP contribution in [0, 0.1) is 11.8 Å². The standard InChI is InChI=1S/C53H61N8O17P3S2/c1-53(2,83-82-29-72-19-7-10-33-24-61(50-43(33)49(55)57-28-58-50)42-23-40(73-27-54)41(75-42)25-74-80(68,69)78-81(70,71)77-79(65,66)67)26-56-51(62)32-13-14-34(37(22-32)52(63)64)44-38-20-30-8-3-15-59-17-5-11-35(45(30)59)47(38)76-48-36-12-6-18-60-16-4-9-31(46(36)60)21-39(44)48/h13-14,20-22,24,28,40-42H,3-6,8-9,11-12,15-19,23,25-27,29,54H2,1-2H3,(H7-,55,56,57,58,62,63,64,65,66,67,68,69,70,71)/p+1/t40?,41-,42-/m1/s1. The Morgan fingerprint density at radius 1 is 0.940 bits per heavy atom. The summed E-state index contributed by atoms with van der Waals surface area (Å²) in [5.74, 6) is 6.47. The molecule has 0 spiro atoms. The minimum Gasteiger partial charge on any atom is -0.478 e. The van der Waals surface area contributed by atoms with E-state index >= 15 is 0 Å². The number of carboxylic acid groups (broad SMARTS) is 1. The highest BCUT2D eigenvalue weighted by atomic mass is 33.1. The van der Waals surface area contributed by atoms with Gasteiger partial charge in [0.25, 0.3) is 5.91 Å². The van der Waals surface area contributed by atoms with E-state index in [0.29, 0.717) is 22.2 Å². The van der Waals surface area contributed by atoms with E-state index in [2.05, 4.69) is 57.4 Å². The molecule has 3 unspecified atom stereocenters. The van der Waals surface area contributed by atoms with Crippen molar-refractivity contribution in [1.29, 1.82) is 0 Å².